The zero-order chi connectivity index (χ0) is 24.2. The first-order valence-electron chi connectivity index (χ1n) is 11.0. The van der Waals surface area contributed by atoms with Crippen molar-refractivity contribution in [3.63, 3.8) is 0 Å². The highest BCUT2D eigenvalue weighted by atomic mass is 16.5. The number of nitrogens with zero attached hydrogens (tertiary/aromatic N) is 1. The third-order valence-corrected chi connectivity index (χ3v) is 5.22. The summed E-state index contributed by atoms with van der Waals surface area (Å²) in [6.07, 6.45) is 0. The number of rotatable bonds is 12. The van der Waals surface area contributed by atoms with E-state index in [2.05, 4.69) is 5.32 Å². The van der Waals surface area contributed by atoms with Crippen LogP contribution in [0.2, 0.25) is 0 Å². The quantitative estimate of drug-likeness (QED) is 0.416. The summed E-state index contributed by atoms with van der Waals surface area (Å²) in [5, 5.41) is 2.88. The van der Waals surface area contributed by atoms with Crippen molar-refractivity contribution in [1.82, 2.24) is 10.2 Å². The summed E-state index contributed by atoms with van der Waals surface area (Å²) in [5.74, 6) is 0.701. The van der Waals surface area contributed by atoms with Gasteiger partial charge in [0.15, 0.2) is 6.61 Å². The summed E-state index contributed by atoms with van der Waals surface area (Å²) < 4.78 is 16.0. The molecule has 0 fully saturated rings. The van der Waals surface area contributed by atoms with Crippen LogP contribution in [0.4, 0.5) is 0 Å². The molecule has 34 heavy (non-hydrogen) atoms. The van der Waals surface area contributed by atoms with Crippen LogP contribution in [0.1, 0.15) is 17.2 Å². The number of para-hydroxylation sites is 1. The van der Waals surface area contributed by atoms with Gasteiger partial charge in [0, 0.05) is 20.2 Å². The third-order valence-electron chi connectivity index (χ3n) is 5.22. The number of ether oxygens (including phenoxy) is 3. The molecule has 178 valence electrons. The van der Waals surface area contributed by atoms with E-state index in [1.165, 1.54) is 0 Å². The Kier molecular flexibility index (Phi) is 9.49. The average Bonchev–Trinajstić information content (AvgIpc) is 2.88. The molecule has 0 aromatic heterocycles. The minimum Gasteiger partial charge on any atom is -0.497 e. The molecule has 7 heteroatoms. The van der Waals surface area contributed by atoms with Crippen LogP contribution >= 0.6 is 0 Å². The second kappa shape index (κ2) is 13.0. The van der Waals surface area contributed by atoms with E-state index in [1.807, 2.05) is 72.8 Å². The zero-order valence-electron chi connectivity index (χ0n) is 19.5. The van der Waals surface area contributed by atoms with Gasteiger partial charge in [-0.1, -0.05) is 60.7 Å². The van der Waals surface area contributed by atoms with Crippen molar-refractivity contribution < 1.29 is 23.8 Å². The van der Waals surface area contributed by atoms with Crippen molar-refractivity contribution in [1.29, 1.82) is 0 Å². The maximum atomic E-state index is 13.5. The van der Waals surface area contributed by atoms with Crippen molar-refractivity contribution in [3.8, 4) is 11.5 Å². The molecule has 3 aromatic rings. The molecule has 0 heterocycles. The number of carbonyl (C=O) groups is 2. The standard InChI is InChI=1S/C27H30N2O5/c1-32-18-17-28-27(31)26(22-9-5-3-6-10-22)29(19-21-13-15-23(33-2)16-14-21)25(30)20-34-24-11-7-4-8-12-24/h3-16,26H,17-20H2,1-2H3,(H,28,31)/t26-/m1/s1. The molecule has 0 aliphatic rings. The number of methoxy groups -OCH3 is 2. The van der Waals surface area contributed by atoms with E-state index in [0.717, 1.165) is 5.56 Å². The van der Waals surface area contributed by atoms with Crippen LogP contribution in [0.15, 0.2) is 84.9 Å². The number of carbonyl (C=O) groups excluding carboxylic acids is 2. The largest absolute Gasteiger partial charge is 0.497 e. The van der Waals surface area contributed by atoms with Crippen LogP contribution in [0.5, 0.6) is 11.5 Å². The predicted molar refractivity (Wildman–Crippen MR) is 130 cm³/mol. The Morgan fingerprint density at radius 2 is 1.50 bits per heavy atom. The highest BCUT2D eigenvalue weighted by Gasteiger charge is 2.31. The Hall–Kier alpha value is -3.84. The van der Waals surface area contributed by atoms with Crippen molar-refractivity contribution in [2.75, 3.05) is 34.0 Å². The molecule has 1 N–H and O–H groups in total. The molecule has 0 saturated carbocycles. The van der Waals surface area contributed by atoms with Crippen LogP contribution in [-0.2, 0) is 20.9 Å². The second-order valence-corrected chi connectivity index (χ2v) is 7.57. The lowest BCUT2D eigenvalue weighted by atomic mass is 10.0. The summed E-state index contributed by atoms with van der Waals surface area (Å²) in [6, 6.07) is 24.9. The lowest BCUT2D eigenvalue weighted by Gasteiger charge is -2.31. The monoisotopic (exact) mass is 462 g/mol. The first-order chi connectivity index (χ1) is 16.6. The van der Waals surface area contributed by atoms with E-state index in [0.29, 0.717) is 30.2 Å². The first kappa shape index (κ1) is 24.8. The first-order valence-corrected chi connectivity index (χ1v) is 11.0. The summed E-state index contributed by atoms with van der Waals surface area (Å²) in [4.78, 5) is 28.3. The Balaban J connectivity index is 1.90. The number of benzene rings is 3. The van der Waals surface area contributed by atoms with Gasteiger partial charge < -0.3 is 24.4 Å². The van der Waals surface area contributed by atoms with Crippen LogP contribution in [-0.4, -0.2) is 50.7 Å². The maximum Gasteiger partial charge on any atom is 0.261 e. The van der Waals surface area contributed by atoms with Crippen molar-refractivity contribution in [2.24, 2.45) is 0 Å². The summed E-state index contributed by atoms with van der Waals surface area (Å²) in [5.41, 5.74) is 1.57. The van der Waals surface area contributed by atoms with Gasteiger partial charge in [0.25, 0.3) is 5.91 Å². The molecule has 3 rings (SSSR count). The molecule has 0 bridgehead atoms. The average molecular weight is 463 g/mol. The van der Waals surface area contributed by atoms with E-state index in [9.17, 15) is 9.59 Å². The Labute approximate surface area is 200 Å². The number of nitrogens with one attached hydrogen (secondary N) is 1. The Morgan fingerprint density at radius 1 is 0.853 bits per heavy atom. The zero-order valence-corrected chi connectivity index (χ0v) is 19.5. The molecular formula is C27H30N2O5. The van der Waals surface area contributed by atoms with Crippen molar-refractivity contribution in [2.45, 2.75) is 12.6 Å². The highest BCUT2D eigenvalue weighted by Crippen LogP contribution is 2.25. The van der Waals surface area contributed by atoms with Crippen LogP contribution in [0, 0.1) is 0 Å². The highest BCUT2D eigenvalue weighted by molar-refractivity contribution is 5.89. The van der Waals surface area contributed by atoms with Gasteiger partial charge >= 0.3 is 0 Å². The normalized spacial score (nSPS) is 11.4. The van der Waals surface area contributed by atoms with Gasteiger partial charge in [-0.2, -0.15) is 0 Å². The van der Waals surface area contributed by atoms with Crippen LogP contribution in [0.25, 0.3) is 0 Å². The van der Waals surface area contributed by atoms with Crippen molar-refractivity contribution in [3.05, 3.63) is 96.1 Å². The van der Waals surface area contributed by atoms with Gasteiger partial charge in [-0.3, -0.25) is 9.59 Å². The van der Waals surface area contributed by atoms with Gasteiger partial charge in [0.1, 0.15) is 17.5 Å². The van der Waals surface area contributed by atoms with Crippen LogP contribution < -0.4 is 14.8 Å². The second-order valence-electron chi connectivity index (χ2n) is 7.57. The number of hydrogen-bond donors (Lipinski definition) is 1. The molecule has 2 amide bonds. The predicted octanol–water partition coefficient (Wildman–Crippen LogP) is 3.61. The minimum atomic E-state index is -0.841. The molecule has 0 spiro atoms. The maximum absolute atomic E-state index is 13.5. The SMILES string of the molecule is COCCNC(=O)[C@@H](c1ccccc1)N(Cc1ccc(OC)cc1)C(=O)COc1ccccc1. The topological polar surface area (TPSA) is 77.1 Å². The summed E-state index contributed by atoms with van der Waals surface area (Å²) >= 11 is 0. The number of hydrogen-bond acceptors (Lipinski definition) is 5. The van der Waals surface area contributed by atoms with E-state index in [-0.39, 0.29) is 25.0 Å². The molecule has 1 atom stereocenters. The van der Waals surface area contributed by atoms with Gasteiger partial charge in [-0.05, 0) is 35.4 Å². The molecule has 3 aromatic carbocycles. The van der Waals surface area contributed by atoms with Gasteiger partial charge in [0.2, 0.25) is 5.91 Å². The minimum absolute atomic E-state index is 0.200. The van der Waals surface area contributed by atoms with Gasteiger partial charge in [0.05, 0.1) is 13.7 Å². The summed E-state index contributed by atoms with van der Waals surface area (Å²) in [6.45, 7) is 0.730. The number of amides is 2. The molecular weight excluding hydrogens is 432 g/mol. The Bertz CT molecular complexity index is 1030. The Morgan fingerprint density at radius 3 is 2.12 bits per heavy atom. The van der Waals surface area contributed by atoms with Crippen LogP contribution in [0.3, 0.4) is 0 Å². The lowest BCUT2D eigenvalue weighted by molar-refractivity contribution is -0.143. The van der Waals surface area contributed by atoms with E-state index in [1.54, 1.807) is 31.3 Å². The van der Waals surface area contributed by atoms with E-state index < -0.39 is 6.04 Å². The molecule has 0 aliphatic heterocycles. The fourth-order valence-electron chi connectivity index (χ4n) is 3.48. The fraction of sp³-hybridized carbons (Fsp3) is 0.259. The smallest absolute Gasteiger partial charge is 0.261 e. The van der Waals surface area contributed by atoms with E-state index in [4.69, 9.17) is 14.2 Å². The molecule has 7 nitrogen and oxygen atoms in total. The third kappa shape index (κ3) is 7.08. The molecule has 0 saturated heterocycles. The fourth-order valence-corrected chi connectivity index (χ4v) is 3.48. The molecule has 0 aliphatic carbocycles. The molecule has 0 radical (unpaired) electrons. The summed E-state index contributed by atoms with van der Waals surface area (Å²) in [7, 11) is 3.17. The van der Waals surface area contributed by atoms with Gasteiger partial charge in [-0.15, -0.1) is 0 Å². The lowest BCUT2D eigenvalue weighted by Crippen LogP contribution is -2.45. The van der Waals surface area contributed by atoms with E-state index >= 15 is 0 Å². The molecule has 0 unspecified atom stereocenters. The van der Waals surface area contributed by atoms with Crippen molar-refractivity contribution >= 4 is 11.8 Å². The van der Waals surface area contributed by atoms with Gasteiger partial charge in [-0.25, -0.2) is 0 Å².